The Bertz CT molecular complexity index is 923. The maximum absolute atomic E-state index is 13.0. The summed E-state index contributed by atoms with van der Waals surface area (Å²) in [6, 6.07) is 11.2. The van der Waals surface area contributed by atoms with Gasteiger partial charge in [-0.05, 0) is 43.6 Å². The van der Waals surface area contributed by atoms with Gasteiger partial charge in [0, 0.05) is 26.2 Å². The molecule has 1 spiro atoms. The Balaban J connectivity index is 0.000000479. The number of halogens is 3. The van der Waals surface area contributed by atoms with Gasteiger partial charge >= 0.3 is 18.2 Å². The van der Waals surface area contributed by atoms with Crippen LogP contribution in [0.2, 0.25) is 0 Å². The van der Waals surface area contributed by atoms with Crippen LogP contribution in [0.15, 0.2) is 35.3 Å². The Hall–Kier alpha value is -2.62. The van der Waals surface area contributed by atoms with Crippen molar-refractivity contribution in [2.24, 2.45) is 10.9 Å². The van der Waals surface area contributed by atoms with Crippen LogP contribution in [0.5, 0.6) is 0 Å². The number of urea groups is 1. The number of piperidine rings is 1. The lowest BCUT2D eigenvalue weighted by molar-refractivity contribution is -0.192. The lowest BCUT2D eigenvalue weighted by Crippen LogP contribution is -2.56. The second-order valence-electron chi connectivity index (χ2n) is 10.6. The largest absolute Gasteiger partial charge is 0.490 e. The van der Waals surface area contributed by atoms with E-state index in [2.05, 4.69) is 59.3 Å². The van der Waals surface area contributed by atoms with Crippen LogP contribution in [-0.4, -0.2) is 70.1 Å². The summed E-state index contributed by atoms with van der Waals surface area (Å²) >= 11 is 0. The molecule has 1 aromatic carbocycles. The first kappa shape index (κ1) is 28.9. The third kappa shape index (κ3) is 7.93. The molecule has 2 heterocycles. The van der Waals surface area contributed by atoms with Crippen molar-refractivity contribution in [3.8, 4) is 0 Å². The SMILES string of the molecule is CC(C)CCN1C(=O)NC(=NC2CCCCC2)C12CCN(Cc1ccccc1)CC2.O=C(O)C(F)(F)F. The minimum absolute atomic E-state index is 0.0710. The normalized spacial score (nSPS) is 21.7. The zero-order chi connectivity index (χ0) is 27.1. The van der Waals surface area contributed by atoms with Gasteiger partial charge in [0.1, 0.15) is 11.4 Å². The number of rotatable bonds is 6. The van der Waals surface area contributed by atoms with Crippen molar-refractivity contribution in [2.75, 3.05) is 19.6 Å². The van der Waals surface area contributed by atoms with Gasteiger partial charge < -0.3 is 10.0 Å². The Kier molecular flexibility index (Phi) is 9.98. The van der Waals surface area contributed by atoms with Crippen molar-refractivity contribution in [1.29, 1.82) is 0 Å². The third-order valence-corrected chi connectivity index (χ3v) is 7.42. The van der Waals surface area contributed by atoms with E-state index in [0.717, 1.165) is 51.3 Å². The summed E-state index contributed by atoms with van der Waals surface area (Å²) < 4.78 is 31.7. The summed E-state index contributed by atoms with van der Waals surface area (Å²) in [4.78, 5) is 31.7. The fourth-order valence-electron chi connectivity index (χ4n) is 5.28. The number of aliphatic imine (C=N–C) groups is 1. The maximum Gasteiger partial charge on any atom is 0.490 e. The topological polar surface area (TPSA) is 85.2 Å². The highest BCUT2D eigenvalue weighted by molar-refractivity contribution is 6.10. The molecule has 10 heteroatoms. The Morgan fingerprint density at radius 1 is 1.14 bits per heavy atom. The number of carboxylic acid groups (broad SMARTS) is 1. The number of alkyl halides is 3. The summed E-state index contributed by atoms with van der Waals surface area (Å²) in [5.74, 6) is -1.19. The lowest BCUT2D eigenvalue weighted by atomic mass is 9.84. The van der Waals surface area contributed by atoms with Gasteiger partial charge in [-0.3, -0.25) is 15.2 Å². The number of nitrogens with one attached hydrogen (secondary N) is 1. The molecule has 2 aliphatic heterocycles. The minimum atomic E-state index is -5.08. The van der Waals surface area contributed by atoms with E-state index in [9.17, 15) is 18.0 Å². The minimum Gasteiger partial charge on any atom is -0.475 e. The van der Waals surface area contributed by atoms with Crippen LogP contribution in [-0.2, 0) is 11.3 Å². The van der Waals surface area contributed by atoms with Crippen LogP contribution in [0.25, 0.3) is 0 Å². The maximum atomic E-state index is 13.0. The van der Waals surface area contributed by atoms with Crippen LogP contribution in [0.1, 0.15) is 70.8 Å². The Labute approximate surface area is 217 Å². The Morgan fingerprint density at radius 2 is 1.73 bits per heavy atom. The van der Waals surface area contributed by atoms with Crippen molar-refractivity contribution < 1.29 is 27.9 Å². The summed E-state index contributed by atoms with van der Waals surface area (Å²) in [5.41, 5.74) is 1.14. The zero-order valence-corrected chi connectivity index (χ0v) is 21.8. The molecule has 37 heavy (non-hydrogen) atoms. The molecule has 0 radical (unpaired) electrons. The highest BCUT2D eigenvalue weighted by Gasteiger charge is 2.52. The van der Waals surface area contributed by atoms with Crippen molar-refractivity contribution in [3.05, 3.63) is 35.9 Å². The fraction of sp³-hybridized carbons (Fsp3) is 0.667. The van der Waals surface area contributed by atoms with E-state index >= 15 is 0 Å². The summed E-state index contributed by atoms with van der Waals surface area (Å²) in [6.07, 6.45) is 4.11. The number of carboxylic acids is 1. The van der Waals surface area contributed by atoms with Crippen LogP contribution in [0.4, 0.5) is 18.0 Å². The number of hydrogen-bond donors (Lipinski definition) is 2. The predicted molar refractivity (Wildman–Crippen MR) is 136 cm³/mol. The van der Waals surface area contributed by atoms with Crippen molar-refractivity contribution in [1.82, 2.24) is 15.1 Å². The number of amides is 2. The van der Waals surface area contributed by atoms with Crippen LogP contribution < -0.4 is 5.32 Å². The standard InChI is InChI=1S/C25H38N4O.C2HF3O2/c1-20(2)13-16-29-24(30)27-23(26-22-11-7-4-8-12-22)25(29)14-17-28(18-15-25)19-21-9-5-3-6-10-21;3-2(4,5)1(6)7/h3,5-6,9-10,20,22H,4,7-8,11-19H2,1-2H3,(H,26,27,30);(H,6,7). The molecule has 1 aliphatic carbocycles. The highest BCUT2D eigenvalue weighted by atomic mass is 19.4. The fourth-order valence-corrected chi connectivity index (χ4v) is 5.28. The summed E-state index contributed by atoms with van der Waals surface area (Å²) in [5, 5.41) is 10.3. The van der Waals surface area contributed by atoms with Gasteiger partial charge in [-0.1, -0.05) is 63.4 Å². The van der Waals surface area contributed by atoms with E-state index < -0.39 is 12.1 Å². The monoisotopic (exact) mass is 524 g/mol. The lowest BCUT2D eigenvalue weighted by Gasteiger charge is -2.44. The molecule has 1 saturated carbocycles. The summed E-state index contributed by atoms with van der Waals surface area (Å²) in [6.45, 7) is 8.29. The summed E-state index contributed by atoms with van der Waals surface area (Å²) in [7, 11) is 0. The molecule has 0 atom stereocenters. The average Bonchev–Trinajstić information content (AvgIpc) is 3.10. The van der Waals surface area contributed by atoms with E-state index in [-0.39, 0.29) is 11.6 Å². The van der Waals surface area contributed by atoms with E-state index in [1.165, 1.54) is 37.7 Å². The van der Waals surface area contributed by atoms with E-state index in [1.54, 1.807) is 0 Å². The number of carbonyl (C=O) groups is 2. The molecule has 3 fully saturated rings. The van der Waals surface area contributed by atoms with E-state index in [1.807, 2.05) is 0 Å². The number of carbonyl (C=O) groups excluding carboxylic acids is 1. The van der Waals surface area contributed by atoms with Gasteiger partial charge in [-0.2, -0.15) is 13.2 Å². The molecular weight excluding hydrogens is 485 g/mol. The molecular formula is C27H39F3N4O3. The number of likely N-dealkylation sites (tertiary alicyclic amines) is 1. The molecule has 2 N–H and O–H groups in total. The Morgan fingerprint density at radius 3 is 2.27 bits per heavy atom. The number of nitrogens with zero attached hydrogens (tertiary/aromatic N) is 3. The van der Waals surface area contributed by atoms with Gasteiger partial charge in [0.25, 0.3) is 0 Å². The number of amidine groups is 1. The first-order chi connectivity index (χ1) is 17.5. The predicted octanol–water partition coefficient (Wildman–Crippen LogP) is 5.46. The van der Waals surface area contributed by atoms with Gasteiger partial charge in [0.15, 0.2) is 0 Å². The van der Waals surface area contributed by atoms with Crippen molar-refractivity contribution >= 4 is 17.8 Å². The number of benzene rings is 1. The smallest absolute Gasteiger partial charge is 0.475 e. The average molecular weight is 525 g/mol. The second-order valence-corrected chi connectivity index (χ2v) is 10.6. The zero-order valence-electron chi connectivity index (χ0n) is 21.8. The van der Waals surface area contributed by atoms with Gasteiger partial charge in [-0.25, -0.2) is 9.59 Å². The van der Waals surface area contributed by atoms with Crippen LogP contribution in [0, 0.1) is 5.92 Å². The number of hydrogen-bond acceptors (Lipinski definition) is 4. The van der Waals surface area contributed by atoms with E-state index in [4.69, 9.17) is 14.9 Å². The molecule has 7 nitrogen and oxygen atoms in total. The highest BCUT2D eigenvalue weighted by Crippen LogP contribution is 2.36. The molecule has 206 valence electrons. The quantitative estimate of drug-likeness (QED) is 0.518. The van der Waals surface area contributed by atoms with Crippen molar-refractivity contribution in [3.63, 3.8) is 0 Å². The second kappa shape index (κ2) is 12.8. The first-order valence-corrected chi connectivity index (χ1v) is 13.2. The molecule has 3 aliphatic rings. The van der Waals surface area contributed by atoms with Crippen LogP contribution >= 0.6 is 0 Å². The first-order valence-electron chi connectivity index (χ1n) is 13.2. The van der Waals surface area contributed by atoms with Gasteiger partial charge in [0.2, 0.25) is 0 Å². The van der Waals surface area contributed by atoms with Crippen LogP contribution in [0.3, 0.4) is 0 Å². The van der Waals surface area contributed by atoms with Crippen molar-refractivity contribution in [2.45, 2.75) is 89.5 Å². The molecule has 1 aromatic rings. The molecule has 2 amide bonds. The molecule has 0 bridgehead atoms. The van der Waals surface area contributed by atoms with Gasteiger partial charge in [-0.15, -0.1) is 0 Å². The van der Waals surface area contributed by atoms with E-state index in [0.29, 0.717) is 12.0 Å². The molecule has 2 saturated heterocycles. The molecule has 4 rings (SSSR count). The van der Waals surface area contributed by atoms with Gasteiger partial charge in [0.05, 0.1) is 6.04 Å². The molecule has 0 aromatic heterocycles. The third-order valence-electron chi connectivity index (χ3n) is 7.42. The molecule has 0 unspecified atom stereocenters. The number of aliphatic carboxylic acids is 1.